The fraction of sp³-hybridized carbons (Fsp3) is 0. The summed E-state index contributed by atoms with van der Waals surface area (Å²) in [5.74, 6) is -1.67. The van der Waals surface area contributed by atoms with Crippen LogP contribution in [-0.4, -0.2) is 9.97 Å². The molecule has 3 aromatic rings. The maximum absolute atomic E-state index is 13.7. The van der Waals surface area contributed by atoms with Crippen molar-refractivity contribution in [2.45, 2.75) is 0 Å². The third-order valence-electron chi connectivity index (χ3n) is 2.79. The summed E-state index contributed by atoms with van der Waals surface area (Å²) in [6.45, 7) is 0. The third kappa shape index (κ3) is 1.92. The van der Waals surface area contributed by atoms with Gasteiger partial charge in [0.25, 0.3) is 0 Å². The lowest BCUT2D eigenvalue weighted by Gasteiger charge is -1.99. The van der Waals surface area contributed by atoms with Gasteiger partial charge >= 0.3 is 0 Å². The average molecular weight is 280 g/mol. The normalized spacial score (nSPS) is 11.1. The van der Waals surface area contributed by atoms with Gasteiger partial charge in [0.2, 0.25) is 0 Å². The van der Waals surface area contributed by atoms with Gasteiger partial charge in [0, 0.05) is 5.02 Å². The highest BCUT2D eigenvalue weighted by molar-refractivity contribution is 6.31. The number of H-pyrrole nitrogens is 1. The Morgan fingerprint density at radius 1 is 1.21 bits per heavy atom. The number of hydrogen-bond donors (Lipinski definition) is 2. The van der Waals surface area contributed by atoms with Crippen molar-refractivity contribution >= 4 is 28.3 Å². The summed E-state index contributed by atoms with van der Waals surface area (Å²) in [4.78, 5) is 7.06. The molecule has 3 rings (SSSR count). The van der Waals surface area contributed by atoms with Crippen LogP contribution in [0.15, 0.2) is 30.3 Å². The van der Waals surface area contributed by atoms with E-state index in [1.165, 1.54) is 12.1 Å². The molecule has 3 N–H and O–H groups in total. The van der Waals surface area contributed by atoms with Gasteiger partial charge in [-0.1, -0.05) is 17.7 Å². The number of halogens is 3. The minimum atomic E-state index is -0.953. The zero-order chi connectivity index (χ0) is 13.6. The van der Waals surface area contributed by atoms with Crippen LogP contribution in [0.25, 0.3) is 22.4 Å². The molecule has 2 aromatic carbocycles. The number of nitrogens with one attached hydrogen (secondary N) is 1. The molecule has 0 radical (unpaired) electrons. The number of rotatable bonds is 1. The summed E-state index contributed by atoms with van der Waals surface area (Å²) in [5, 5.41) is 0.444. The molecule has 0 aliphatic heterocycles. The largest absolute Gasteiger partial charge is 0.397 e. The zero-order valence-electron chi connectivity index (χ0n) is 9.55. The summed E-state index contributed by atoms with van der Waals surface area (Å²) in [5.41, 5.74) is 7.25. The molecular weight excluding hydrogens is 272 g/mol. The smallest absolute Gasteiger partial charge is 0.169 e. The molecule has 6 heteroatoms. The maximum Gasteiger partial charge on any atom is 0.169 e. The van der Waals surface area contributed by atoms with E-state index in [9.17, 15) is 8.78 Å². The maximum atomic E-state index is 13.7. The zero-order valence-corrected chi connectivity index (χ0v) is 10.3. The summed E-state index contributed by atoms with van der Waals surface area (Å²) in [6, 6.07) is 7.08. The van der Waals surface area contributed by atoms with Crippen LogP contribution in [0, 0.1) is 11.6 Å². The molecule has 0 fully saturated rings. The van der Waals surface area contributed by atoms with Gasteiger partial charge in [-0.05, 0) is 24.3 Å². The quantitative estimate of drug-likeness (QED) is 0.667. The summed E-state index contributed by atoms with van der Waals surface area (Å²) >= 11 is 5.87. The first-order chi connectivity index (χ1) is 9.06. The van der Waals surface area contributed by atoms with Crippen LogP contribution in [0.3, 0.4) is 0 Å². The van der Waals surface area contributed by atoms with Gasteiger partial charge in [0.05, 0.1) is 16.8 Å². The summed E-state index contributed by atoms with van der Waals surface area (Å²) < 4.78 is 26.9. The number of hydrogen-bond acceptors (Lipinski definition) is 2. The molecule has 0 spiro atoms. The molecule has 0 saturated heterocycles. The molecule has 0 unspecified atom stereocenters. The Kier molecular flexibility index (Phi) is 2.64. The molecule has 3 nitrogen and oxygen atoms in total. The topological polar surface area (TPSA) is 54.7 Å². The number of nitrogens with two attached hydrogens (primary N) is 1. The number of benzene rings is 2. The van der Waals surface area contributed by atoms with E-state index >= 15 is 0 Å². The molecule has 19 heavy (non-hydrogen) atoms. The predicted octanol–water partition coefficient (Wildman–Crippen LogP) is 3.74. The highest BCUT2D eigenvalue weighted by atomic mass is 35.5. The Morgan fingerprint density at radius 3 is 2.79 bits per heavy atom. The first-order valence-electron chi connectivity index (χ1n) is 5.45. The van der Waals surface area contributed by atoms with Crippen molar-refractivity contribution in [2.75, 3.05) is 5.73 Å². The minimum absolute atomic E-state index is 0.0479. The Bertz CT molecular complexity index is 783. The van der Waals surface area contributed by atoms with Crippen LogP contribution in [0.2, 0.25) is 5.02 Å². The van der Waals surface area contributed by atoms with Gasteiger partial charge in [-0.3, -0.25) is 0 Å². The summed E-state index contributed by atoms with van der Waals surface area (Å²) in [7, 11) is 0. The molecule has 0 saturated carbocycles. The molecule has 0 atom stereocenters. The molecule has 1 heterocycles. The SMILES string of the molecule is Nc1cc(Cl)cc2[nH]c(-c3cccc(F)c3F)nc12. The lowest BCUT2D eigenvalue weighted by molar-refractivity contribution is 0.510. The van der Waals surface area contributed by atoms with Crippen molar-refractivity contribution in [3.63, 3.8) is 0 Å². The van der Waals surface area contributed by atoms with E-state index in [4.69, 9.17) is 17.3 Å². The van der Waals surface area contributed by atoms with E-state index in [2.05, 4.69) is 9.97 Å². The molecule has 0 aliphatic rings. The van der Waals surface area contributed by atoms with Crippen LogP contribution in [0.5, 0.6) is 0 Å². The van der Waals surface area contributed by atoms with E-state index < -0.39 is 11.6 Å². The van der Waals surface area contributed by atoms with Crippen molar-refractivity contribution in [3.05, 3.63) is 47.0 Å². The van der Waals surface area contributed by atoms with Crippen LogP contribution in [-0.2, 0) is 0 Å². The Labute approximate surface area is 112 Å². The molecule has 0 aliphatic carbocycles. The Morgan fingerprint density at radius 2 is 2.00 bits per heavy atom. The highest BCUT2D eigenvalue weighted by Gasteiger charge is 2.14. The van der Waals surface area contributed by atoms with E-state index in [0.29, 0.717) is 21.7 Å². The molecule has 0 bridgehead atoms. The van der Waals surface area contributed by atoms with E-state index in [1.807, 2.05) is 0 Å². The number of nitrogens with zero attached hydrogens (tertiary/aromatic N) is 1. The monoisotopic (exact) mass is 279 g/mol. The van der Waals surface area contributed by atoms with Crippen molar-refractivity contribution in [1.29, 1.82) is 0 Å². The first kappa shape index (κ1) is 11.9. The predicted molar refractivity (Wildman–Crippen MR) is 70.9 cm³/mol. The lowest BCUT2D eigenvalue weighted by atomic mass is 10.2. The van der Waals surface area contributed by atoms with Gasteiger partial charge in [0.1, 0.15) is 11.3 Å². The van der Waals surface area contributed by atoms with Gasteiger partial charge < -0.3 is 10.7 Å². The number of imidazole rings is 1. The minimum Gasteiger partial charge on any atom is -0.397 e. The second-order valence-electron chi connectivity index (χ2n) is 4.08. The number of aromatic nitrogens is 2. The Hall–Kier alpha value is -2.14. The van der Waals surface area contributed by atoms with E-state index in [0.717, 1.165) is 6.07 Å². The molecule has 96 valence electrons. The number of aromatic amines is 1. The molecule has 0 amide bonds. The van der Waals surface area contributed by atoms with Crippen molar-refractivity contribution in [3.8, 4) is 11.4 Å². The van der Waals surface area contributed by atoms with Crippen LogP contribution >= 0.6 is 11.6 Å². The molecular formula is C13H8ClF2N3. The van der Waals surface area contributed by atoms with E-state index in [1.54, 1.807) is 12.1 Å². The number of fused-ring (bicyclic) bond motifs is 1. The van der Waals surface area contributed by atoms with Gasteiger partial charge in [-0.2, -0.15) is 0 Å². The first-order valence-corrected chi connectivity index (χ1v) is 5.83. The molecule has 1 aromatic heterocycles. The van der Waals surface area contributed by atoms with Crippen molar-refractivity contribution in [1.82, 2.24) is 9.97 Å². The highest BCUT2D eigenvalue weighted by Crippen LogP contribution is 2.29. The Balaban J connectivity index is 2.26. The van der Waals surface area contributed by atoms with Crippen LogP contribution in [0.4, 0.5) is 14.5 Å². The third-order valence-corrected chi connectivity index (χ3v) is 3.01. The fourth-order valence-electron chi connectivity index (χ4n) is 1.92. The average Bonchev–Trinajstić information content (AvgIpc) is 2.76. The van der Waals surface area contributed by atoms with Crippen molar-refractivity contribution in [2.24, 2.45) is 0 Å². The van der Waals surface area contributed by atoms with Crippen LogP contribution in [0.1, 0.15) is 0 Å². The summed E-state index contributed by atoms with van der Waals surface area (Å²) in [6.07, 6.45) is 0. The fourth-order valence-corrected chi connectivity index (χ4v) is 2.15. The van der Waals surface area contributed by atoms with Gasteiger partial charge in [0.15, 0.2) is 11.6 Å². The van der Waals surface area contributed by atoms with Crippen LogP contribution < -0.4 is 5.73 Å². The number of nitrogen functional groups attached to an aromatic ring is 1. The van der Waals surface area contributed by atoms with Crippen molar-refractivity contribution < 1.29 is 8.78 Å². The van der Waals surface area contributed by atoms with E-state index in [-0.39, 0.29) is 11.4 Å². The second kappa shape index (κ2) is 4.20. The van der Waals surface area contributed by atoms with Gasteiger partial charge in [-0.15, -0.1) is 0 Å². The standard InChI is InChI=1S/C13H8ClF2N3/c14-6-4-9(17)12-10(5-6)18-13(19-12)7-2-1-3-8(15)11(7)16/h1-5H,17H2,(H,18,19). The van der Waals surface area contributed by atoms with Gasteiger partial charge in [-0.25, -0.2) is 13.8 Å². The number of anilines is 1. The second-order valence-corrected chi connectivity index (χ2v) is 4.51. The lowest BCUT2D eigenvalue weighted by Crippen LogP contribution is -1.90.